The number of hydrogen-bond acceptors (Lipinski definition) is 4. The smallest absolute Gasteiger partial charge is 0.179 e. The number of benzene rings is 1. The van der Waals surface area contributed by atoms with E-state index in [1.807, 2.05) is 12.1 Å². The standard InChI is InChI=1S/C17H25ClN2O2/c18-15-11-14(12-16-17(15)22-10-9-21-16)13-19-5-8-20-6-3-1-2-4-7-20/h11-12,19H,1-10,13H2. The van der Waals surface area contributed by atoms with Crippen LogP contribution in [0.15, 0.2) is 12.1 Å². The summed E-state index contributed by atoms with van der Waals surface area (Å²) >= 11 is 6.26. The highest BCUT2D eigenvalue weighted by Gasteiger charge is 2.16. The van der Waals surface area contributed by atoms with E-state index in [0.717, 1.165) is 30.9 Å². The van der Waals surface area contributed by atoms with Gasteiger partial charge in [0.2, 0.25) is 0 Å². The SMILES string of the molecule is Clc1cc(CNCCN2CCCCCC2)cc2c1OCCO2. The molecule has 2 aliphatic rings. The average Bonchev–Trinajstić information content (AvgIpc) is 2.80. The van der Waals surface area contributed by atoms with Crippen LogP contribution in [0.2, 0.25) is 5.02 Å². The summed E-state index contributed by atoms with van der Waals surface area (Å²) < 4.78 is 11.2. The van der Waals surface area contributed by atoms with Gasteiger partial charge < -0.3 is 19.7 Å². The number of rotatable bonds is 5. The quantitative estimate of drug-likeness (QED) is 0.844. The summed E-state index contributed by atoms with van der Waals surface area (Å²) in [5, 5.41) is 4.15. The van der Waals surface area contributed by atoms with E-state index in [-0.39, 0.29) is 0 Å². The van der Waals surface area contributed by atoms with E-state index >= 15 is 0 Å². The molecule has 0 aliphatic carbocycles. The van der Waals surface area contributed by atoms with Gasteiger partial charge in [-0.05, 0) is 43.6 Å². The van der Waals surface area contributed by atoms with Crippen molar-refractivity contribution in [3.05, 3.63) is 22.7 Å². The van der Waals surface area contributed by atoms with Crippen molar-refractivity contribution in [2.75, 3.05) is 39.4 Å². The Labute approximate surface area is 137 Å². The lowest BCUT2D eigenvalue weighted by Crippen LogP contribution is -2.32. The zero-order valence-electron chi connectivity index (χ0n) is 13.1. The van der Waals surface area contributed by atoms with Crippen LogP contribution in [0.5, 0.6) is 11.5 Å². The Morgan fingerprint density at radius 2 is 1.82 bits per heavy atom. The van der Waals surface area contributed by atoms with Gasteiger partial charge in [-0.25, -0.2) is 0 Å². The van der Waals surface area contributed by atoms with Gasteiger partial charge in [0.25, 0.3) is 0 Å². The minimum absolute atomic E-state index is 0.570. The number of ether oxygens (including phenoxy) is 2. The van der Waals surface area contributed by atoms with Crippen molar-refractivity contribution in [1.82, 2.24) is 10.2 Å². The topological polar surface area (TPSA) is 33.7 Å². The minimum Gasteiger partial charge on any atom is -0.486 e. The van der Waals surface area contributed by atoms with Gasteiger partial charge in [-0.1, -0.05) is 24.4 Å². The zero-order valence-corrected chi connectivity index (χ0v) is 13.8. The molecule has 2 aliphatic heterocycles. The average molecular weight is 325 g/mol. The molecule has 2 heterocycles. The Morgan fingerprint density at radius 1 is 1.05 bits per heavy atom. The fraction of sp³-hybridized carbons (Fsp3) is 0.647. The zero-order chi connectivity index (χ0) is 15.2. The number of halogens is 1. The predicted molar refractivity (Wildman–Crippen MR) is 89.1 cm³/mol. The van der Waals surface area contributed by atoms with Gasteiger partial charge in [-0.3, -0.25) is 0 Å². The van der Waals surface area contributed by atoms with Crippen molar-refractivity contribution >= 4 is 11.6 Å². The second kappa shape index (κ2) is 8.04. The first-order valence-corrected chi connectivity index (χ1v) is 8.72. The highest BCUT2D eigenvalue weighted by Crippen LogP contribution is 2.38. The molecule has 0 atom stereocenters. The predicted octanol–water partition coefficient (Wildman–Crippen LogP) is 3.08. The third kappa shape index (κ3) is 4.28. The highest BCUT2D eigenvalue weighted by atomic mass is 35.5. The number of fused-ring (bicyclic) bond motifs is 1. The molecule has 0 saturated carbocycles. The van der Waals surface area contributed by atoms with Gasteiger partial charge in [0.15, 0.2) is 11.5 Å². The second-order valence-electron chi connectivity index (χ2n) is 6.03. The lowest BCUT2D eigenvalue weighted by Gasteiger charge is -2.21. The first-order valence-electron chi connectivity index (χ1n) is 8.34. The molecular weight excluding hydrogens is 300 g/mol. The summed E-state index contributed by atoms with van der Waals surface area (Å²) in [5.41, 5.74) is 1.14. The molecule has 1 saturated heterocycles. The van der Waals surface area contributed by atoms with E-state index < -0.39 is 0 Å². The number of hydrogen-bond donors (Lipinski definition) is 1. The van der Waals surface area contributed by atoms with Crippen LogP contribution < -0.4 is 14.8 Å². The number of nitrogens with one attached hydrogen (secondary N) is 1. The molecule has 22 heavy (non-hydrogen) atoms. The van der Waals surface area contributed by atoms with Crippen molar-refractivity contribution in [2.45, 2.75) is 32.2 Å². The Hall–Kier alpha value is -0.970. The van der Waals surface area contributed by atoms with Crippen molar-refractivity contribution < 1.29 is 9.47 Å². The van der Waals surface area contributed by atoms with Crippen LogP contribution >= 0.6 is 11.6 Å². The summed E-state index contributed by atoms with van der Waals surface area (Å²) in [4.78, 5) is 2.57. The third-order valence-corrected chi connectivity index (χ3v) is 4.57. The molecule has 0 bridgehead atoms. The van der Waals surface area contributed by atoms with E-state index in [9.17, 15) is 0 Å². The number of likely N-dealkylation sites (tertiary alicyclic amines) is 1. The van der Waals surface area contributed by atoms with Crippen LogP contribution in [0.25, 0.3) is 0 Å². The van der Waals surface area contributed by atoms with E-state index in [1.54, 1.807) is 0 Å². The number of nitrogens with zero attached hydrogens (tertiary/aromatic N) is 1. The molecule has 122 valence electrons. The highest BCUT2D eigenvalue weighted by molar-refractivity contribution is 6.32. The van der Waals surface area contributed by atoms with Gasteiger partial charge in [0.05, 0.1) is 5.02 Å². The molecule has 0 aromatic heterocycles. The molecular formula is C17H25ClN2O2. The summed E-state index contributed by atoms with van der Waals surface area (Å²) in [7, 11) is 0. The van der Waals surface area contributed by atoms with Crippen LogP contribution in [0.1, 0.15) is 31.2 Å². The maximum Gasteiger partial charge on any atom is 0.179 e. The summed E-state index contributed by atoms with van der Waals surface area (Å²) in [6.45, 7) is 6.60. The first-order chi connectivity index (χ1) is 10.8. The van der Waals surface area contributed by atoms with Crippen molar-refractivity contribution in [2.24, 2.45) is 0 Å². The second-order valence-corrected chi connectivity index (χ2v) is 6.44. The first kappa shape index (κ1) is 15.9. The molecule has 1 aromatic carbocycles. The Morgan fingerprint density at radius 3 is 2.64 bits per heavy atom. The molecule has 4 nitrogen and oxygen atoms in total. The van der Waals surface area contributed by atoms with E-state index in [0.29, 0.717) is 24.0 Å². The molecule has 0 radical (unpaired) electrons. The van der Waals surface area contributed by atoms with Crippen molar-refractivity contribution in [3.63, 3.8) is 0 Å². The Balaban J connectivity index is 1.46. The molecule has 5 heteroatoms. The van der Waals surface area contributed by atoms with Crippen molar-refractivity contribution in [1.29, 1.82) is 0 Å². The van der Waals surface area contributed by atoms with Gasteiger partial charge in [0, 0.05) is 19.6 Å². The Kier molecular flexibility index (Phi) is 5.82. The van der Waals surface area contributed by atoms with Gasteiger partial charge in [-0.15, -0.1) is 0 Å². The normalized spacial score (nSPS) is 19.0. The lowest BCUT2D eigenvalue weighted by molar-refractivity contribution is 0.171. The van der Waals surface area contributed by atoms with Crippen LogP contribution in [0.3, 0.4) is 0 Å². The van der Waals surface area contributed by atoms with Gasteiger partial charge in [0.1, 0.15) is 13.2 Å². The summed E-state index contributed by atoms with van der Waals surface area (Å²) in [6.07, 6.45) is 5.47. The molecule has 1 fully saturated rings. The van der Waals surface area contributed by atoms with Crippen LogP contribution in [-0.4, -0.2) is 44.3 Å². The lowest BCUT2D eigenvalue weighted by atomic mass is 10.2. The fourth-order valence-electron chi connectivity index (χ4n) is 3.10. The van der Waals surface area contributed by atoms with E-state index in [1.165, 1.54) is 38.8 Å². The van der Waals surface area contributed by atoms with E-state index in [4.69, 9.17) is 21.1 Å². The summed E-state index contributed by atoms with van der Waals surface area (Å²) in [6, 6.07) is 3.99. The molecule has 0 amide bonds. The van der Waals surface area contributed by atoms with Crippen molar-refractivity contribution in [3.8, 4) is 11.5 Å². The maximum atomic E-state index is 6.26. The van der Waals surface area contributed by atoms with Gasteiger partial charge >= 0.3 is 0 Å². The largest absolute Gasteiger partial charge is 0.486 e. The van der Waals surface area contributed by atoms with Gasteiger partial charge in [-0.2, -0.15) is 0 Å². The third-order valence-electron chi connectivity index (χ3n) is 4.29. The Bertz CT molecular complexity index is 488. The minimum atomic E-state index is 0.570. The van der Waals surface area contributed by atoms with Crippen LogP contribution in [0, 0.1) is 0 Å². The molecule has 0 spiro atoms. The molecule has 1 aromatic rings. The van der Waals surface area contributed by atoms with Crippen LogP contribution in [-0.2, 0) is 6.54 Å². The van der Waals surface area contributed by atoms with E-state index in [2.05, 4.69) is 10.2 Å². The fourth-order valence-corrected chi connectivity index (χ4v) is 3.38. The molecule has 1 N–H and O–H groups in total. The molecule has 0 unspecified atom stereocenters. The maximum absolute atomic E-state index is 6.26. The summed E-state index contributed by atoms with van der Waals surface area (Å²) in [5.74, 6) is 1.45. The monoisotopic (exact) mass is 324 g/mol. The van der Waals surface area contributed by atoms with Crippen LogP contribution in [0.4, 0.5) is 0 Å². The molecule has 3 rings (SSSR count).